The summed E-state index contributed by atoms with van der Waals surface area (Å²) in [5, 5.41) is -0.456. The van der Waals surface area contributed by atoms with E-state index in [9.17, 15) is 4.79 Å². The molecule has 0 heterocycles. The first-order chi connectivity index (χ1) is 7.96. The van der Waals surface area contributed by atoms with Crippen molar-refractivity contribution in [2.45, 2.75) is 25.4 Å². The zero-order valence-corrected chi connectivity index (χ0v) is 11.9. The van der Waals surface area contributed by atoms with Crippen LogP contribution in [0.2, 0.25) is 0 Å². The molecule has 0 amide bonds. The van der Waals surface area contributed by atoms with E-state index in [0.717, 1.165) is 6.42 Å². The van der Waals surface area contributed by atoms with Crippen molar-refractivity contribution in [3.8, 4) is 11.5 Å². The van der Waals surface area contributed by atoms with Gasteiger partial charge in [-0.05, 0) is 25.5 Å². The van der Waals surface area contributed by atoms with Gasteiger partial charge in [0.05, 0.1) is 19.8 Å². The lowest BCUT2D eigenvalue weighted by Gasteiger charge is -2.22. The van der Waals surface area contributed by atoms with Crippen LogP contribution in [-0.4, -0.2) is 25.2 Å². The van der Waals surface area contributed by atoms with E-state index >= 15 is 0 Å². The van der Waals surface area contributed by atoms with E-state index in [4.69, 9.17) is 9.47 Å². The Balaban J connectivity index is 3.18. The van der Waals surface area contributed by atoms with Crippen LogP contribution in [0.1, 0.15) is 30.6 Å². The van der Waals surface area contributed by atoms with Gasteiger partial charge in [0.1, 0.15) is 11.5 Å². The Hall–Kier alpha value is -1.08. The molecule has 4 heteroatoms. The highest BCUT2D eigenvalue weighted by Crippen LogP contribution is 2.32. The lowest BCUT2D eigenvalue weighted by molar-refractivity contribution is 0.0944. The van der Waals surface area contributed by atoms with Crippen molar-refractivity contribution in [3.63, 3.8) is 0 Å². The number of benzene rings is 1. The molecule has 0 N–H and O–H groups in total. The number of hydrogen-bond donors (Lipinski definition) is 0. The molecule has 0 saturated carbocycles. The van der Waals surface area contributed by atoms with Crippen molar-refractivity contribution < 1.29 is 14.3 Å². The Morgan fingerprint density at radius 3 is 2.47 bits per heavy atom. The molecule has 0 fully saturated rings. The molecule has 1 rings (SSSR count). The SMILES string of the molecule is CCC(C)(P)C(=O)c1ccc(OC)cc1OC. The van der Waals surface area contributed by atoms with E-state index in [-0.39, 0.29) is 5.78 Å². The van der Waals surface area contributed by atoms with Crippen LogP contribution in [0.5, 0.6) is 11.5 Å². The number of ether oxygens (including phenoxy) is 2. The molecule has 0 radical (unpaired) electrons. The summed E-state index contributed by atoms with van der Waals surface area (Å²) in [7, 11) is 5.75. The van der Waals surface area contributed by atoms with Gasteiger partial charge in [-0.2, -0.15) is 0 Å². The maximum Gasteiger partial charge on any atom is 0.176 e. The van der Waals surface area contributed by atoms with E-state index < -0.39 is 5.16 Å². The predicted octanol–water partition coefficient (Wildman–Crippen LogP) is 2.93. The van der Waals surface area contributed by atoms with Crippen molar-refractivity contribution >= 4 is 15.0 Å². The highest BCUT2D eigenvalue weighted by molar-refractivity contribution is 7.21. The van der Waals surface area contributed by atoms with Crippen LogP contribution in [0.4, 0.5) is 0 Å². The molecule has 0 saturated heterocycles. The van der Waals surface area contributed by atoms with E-state index in [1.807, 2.05) is 13.8 Å². The third-order valence-corrected chi connectivity index (χ3v) is 3.58. The van der Waals surface area contributed by atoms with Crippen LogP contribution in [0.25, 0.3) is 0 Å². The van der Waals surface area contributed by atoms with Crippen LogP contribution in [0, 0.1) is 0 Å². The summed E-state index contributed by atoms with van der Waals surface area (Å²) in [6, 6.07) is 5.24. The molecule has 1 aromatic rings. The van der Waals surface area contributed by atoms with Crippen molar-refractivity contribution in [3.05, 3.63) is 23.8 Å². The monoisotopic (exact) mass is 254 g/mol. The summed E-state index contributed by atoms with van der Waals surface area (Å²) in [4.78, 5) is 12.3. The van der Waals surface area contributed by atoms with Gasteiger partial charge in [-0.1, -0.05) is 6.92 Å². The Morgan fingerprint density at radius 1 is 1.35 bits per heavy atom. The largest absolute Gasteiger partial charge is 0.497 e. The first kappa shape index (κ1) is 14.0. The van der Waals surface area contributed by atoms with Gasteiger partial charge in [0, 0.05) is 11.2 Å². The molecular formula is C13H19O3P. The van der Waals surface area contributed by atoms with Gasteiger partial charge >= 0.3 is 0 Å². The fourth-order valence-corrected chi connectivity index (χ4v) is 1.61. The average Bonchev–Trinajstić information content (AvgIpc) is 2.36. The van der Waals surface area contributed by atoms with E-state index in [2.05, 4.69) is 9.24 Å². The van der Waals surface area contributed by atoms with Gasteiger partial charge in [0.15, 0.2) is 5.78 Å². The second-order valence-corrected chi connectivity index (χ2v) is 5.44. The minimum atomic E-state index is -0.456. The topological polar surface area (TPSA) is 35.5 Å². The van der Waals surface area contributed by atoms with E-state index in [0.29, 0.717) is 17.1 Å². The highest BCUT2D eigenvalue weighted by atomic mass is 31.0. The number of carbonyl (C=O) groups excluding carboxylic acids is 1. The van der Waals surface area contributed by atoms with Gasteiger partial charge in [0.2, 0.25) is 0 Å². The number of rotatable bonds is 5. The zero-order chi connectivity index (χ0) is 13.1. The third-order valence-electron chi connectivity index (χ3n) is 2.91. The first-order valence-electron chi connectivity index (χ1n) is 5.52. The summed E-state index contributed by atoms with van der Waals surface area (Å²) in [6.45, 7) is 3.89. The molecule has 0 aliphatic carbocycles. The van der Waals surface area contributed by atoms with Crippen molar-refractivity contribution in [2.75, 3.05) is 14.2 Å². The zero-order valence-electron chi connectivity index (χ0n) is 10.7. The molecule has 0 spiro atoms. The Kier molecular flexibility index (Phi) is 4.53. The van der Waals surface area contributed by atoms with Crippen LogP contribution in [0.15, 0.2) is 18.2 Å². The summed E-state index contributed by atoms with van der Waals surface area (Å²) < 4.78 is 10.3. The molecule has 17 heavy (non-hydrogen) atoms. The molecule has 0 aromatic heterocycles. The maximum atomic E-state index is 12.3. The number of carbonyl (C=O) groups is 1. The van der Waals surface area contributed by atoms with Crippen molar-refractivity contribution in [1.29, 1.82) is 0 Å². The second kappa shape index (κ2) is 5.50. The molecular weight excluding hydrogens is 235 g/mol. The van der Waals surface area contributed by atoms with Crippen LogP contribution in [0.3, 0.4) is 0 Å². The number of ketones is 1. The summed E-state index contributed by atoms with van der Waals surface area (Å²) in [6.07, 6.45) is 0.756. The fourth-order valence-electron chi connectivity index (χ4n) is 1.45. The molecule has 94 valence electrons. The van der Waals surface area contributed by atoms with E-state index in [1.54, 1.807) is 32.4 Å². The van der Waals surface area contributed by atoms with Crippen LogP contribution in [-0.2, 0) is 0 Å². The van der Waals surface area contributed by atoms with Crippen molar-refractivity contribution in [2.24, 2.45) is 0 Å². The van der Waals surface area contributed by atoms with Crippen molar-refractivity contribution in [1.82, 2.24) is 0 Å². The van der Waals surface area contributed by atoms with Crippen LogP contribution < -0.4 is 9.47 Å². The maximum absolute atomic E-state index is 12.3. The first-order valence-corrected chi connectivity index (χ1v) is 6.09. The van der Waals surface area contributed by atoms with Crippen LogP contribution >= 0.6 is 9.24 Å². The molecule has 2 atom stereocenters. The number of hydrogen-bond acceptors (Lipinski definition) is 3. The molecule has 1 aromatic carbocycles. The Labute approximate surface area is 105 Å². The fraction of sp³-hybridized carbons (Fsp3) is 0.462. The average molecular weight is 254 g/mol. The van der Waals surface area contributed by atoms with Gasteiger partial charge in [0.25, 0.3) is 0 Å². The summed E-state index contributed by atoms with van der Waals surface area (Å²) in [5.74, 6) is 1.29. The van der Waals surface area contributed by atoms with Gasteiger partial charge < -0.3 is 9.47 Å². The summed E-state index contributed by atoms with van der Waals surface area (Å²) in [5.41, 5.74) is 0.590. The quantitative estimate of drug-likeness (QED) is 0.598. The van der Waals surface area contributed by atoms with Gasteiger partial charge in [-0.3, -0.25) is 4.79 Å². The Morgan fingerprint density at radius 2 is 2.00 bits per heavy atom. The summed E-state index contributed by atoms with van der Waals surface area (Å²) >= 11 is 0. The minimum Gasteiger partial charge on any atom is -0.497 e. The van der Waals surface area contributed by atoms with Gasteiger partial charge in [-0.25, -0.2) is 0 Å². The molecule has 2 unspecified atom stereocenters. The third kappa shape index (κ3) is 2.98. The molecule has 3 nitrogen and oxygen atoms in total. The standard InChI is InChI=1S/C13H19O3P/c1-5-13(2,17)12(14)10-7-6-9(15-3)8-11(10)16-4/h6-8H,5,17H2,1-4H3. The highest BCUT2D eigenvalue weighted by Gasteiger charge is 2.29. The second-order valence-electron chi connectivity index (χ2n) is 4.17. The Bertz CT molecular complexity index is 413. The van der Waals surface area contributed by atoms with E-state index in [1.165, 1.54) is 0 Å². The normalized spacial score (nSPS) is 13.9. The molecule has 0 aliphatic rings. The molecule has 0 aliphatic heterocycles. The van der Waals surface area contributed by atoms with Gasteiger partial charge in [-0.15, -0.1) is 9.24 Å². The lowest BCUT2D eigenvalue weighted by Crippen LogP contribution is -2.27. The smallest absolute Gasteiger partial charge is 0.176 e. The molecule has 0 bridgehead atoms. The minimum absolute atomic E-state index is 0.0597. The predicted molar refractivity (Wildman–Crippen MR) is 72.3 cm³/mol. The number of methoxy groups -OCH3 is 2. The lowest BCUT2D eigenvalue weighted by atomic mass is 9.95. The number of Topliss-reactive ketones (excluding diaryl/α,β-unsaturated/α-hetero) is 1.